The van der Waals surface area contributed by atoms with E-state index in [0.29, 0.717) is 15.6 Å². The second kappa shape index (κ2) is 7.70. The van der Waals surface area contributed by atoms with Gasteiger partial charge in [0.15, 0.2) is 5.04 Å². The second-order valence-electron chi connectivity index (χ2n) is 5.70. The lowest BCUT2D eigenvalue weighted by atomic mass is 10.1. The van der Waals surface area contributed by atoms with Crippen molar-refractivity contribution in [1.29, 1.82) is 0 Å². The maximum atomic E-state index is 12.3. The molecule has 0 saturated carbocycles. The van der Waals surface area contributed by atoms with Crippen molar-refractivity contribution in [3.63, 3.8) is 0 Å². The van der Waals surface area contributed by atoms with E-state index in [-0.39, 0.29) is 4.90 Å². The Labute approximate surface area is 162 Å². The number of oxime groups is 1. The van der Waals surface area contributed by atoms with E-state index in [2.05, 4.69) is 5.16 Å². The summed E-state index contributed by atoms with van der Waals surface area (Å²) in [6, 6.07) is 14.1. The largest absolute Gasteiger partial charge is 0.358 e. The number of nitrogens with zero attached hydrogens (tertiary/aromatic N) is 1. The van der Waals surface area contributed by atoms with Gasteiger partial charge in [-0.2, -0.15) is 8.42 Å². The highest BCUT2D eigenvalue weighted by Crippen LogP contribution is 2.34. The number of halogens is 1. The van der Waals surface area contributed by atoms with Crippen LogP contribution >= 0.6 is 23.4 Å². The maximum Gasteiger partial charge on any atom is 0.358 e. The van der Waals surface area contributed by atoms with E-state index in [9.17, 15) is 8.42 Å². The van der Waals surface area contributed by atoms with E-state index in [0.717, 1.165) is 16.7 Å². The van der Waals surface area contributed by atoms with Gasteiger partial charge in [0.1, 0.15) is 4.90 Å². The molecule has 26 heavy (non-hydrogen) atoms. The van der Waals surface area contributed by atoms with Gasteiger partial charge in [0.05, 0.1) is 5.03 Å². The summed E-state index contributed by atoms with van der Waals surface area (Å²) in [6.45, 7) is 3.84. The minimum Gasteiger partial charge on any atom is -0.264 e. The fourth-order valence-corrected chi connectivity index (χ4v) is 4.24. The van der Waals surface area contributed by atoms with Crippen LogP contribution in [0.4, 0.5) is 0 Å². The molecular weight excluding hydrogens is 390 g/mol. The van der Waals surface area contributed by atoms with E-state index in [1.165, 1.54) is 23.9 Å². The Kier molecular flexibility index (Phi) is 5.55. The summed E-state index contributed by atoms with van der Waals surface area (Å²) in [7, 11) is -3.98. The number of allylic oxidation sites excluding steroid dienone is 1. The van der Waals surface area contributed by atoms with Gasteiger partial charge in [-0.25, -0.2) is 0 Å². The Balaban J connectivity index is 1.90. The minimum absolute atomic E-state index is 0.0546. The third-order valence-corrected chi connectivity index (χ3v) is 6.11. The van der Waals surface area contributed by atoms with Gasteiger partial charge in [0.2, 0.25) is 0 Å². The Morgan fingerprint density at radius 1 is 1.08 bits per heavy atom. The van der Waals surface area contributed by atoms with E-state index in [1.54, 1.807) is 23.6 Å². The van der Waals surface area contributed by atoms with Crippen molar-refractivity contribution in [2.45, 2.75) is 18.7 Å². The molecule has 0 N–H and O–H groups in total. The highest BCUT2D eigenvalue weighted by Gasteiger charge is 2.21. The molecular formula is C19H16ClNO3S2. The van der Waals surface area contributed by atoms with Gasteiger partial charge in [0.25, 0.3) is 0 Å². The molecule has 2 aromatic rings. The molecule has 3 rings (SSSR count). The van der Waals surface area contributed by atoms with Crippen LogP contribution in [0.3, 0.4) is 0 Å². The van der Waals surface area contributed by atoms with Crippen LogP contribution < -0.4 is 0 Å². The number of hydrogen-bond acceptors (Lipinski definition) is 5. The van der Waals surface area contributed by atoms with Crippen LogP contribution in [0.15, 0.2) is 75.6 Å². The molecule has 0 radical (unpaired) electrons. The number of rotatable bonds is 4. The maximum absolute atomic E-state index is 12.3. The van der Waals surface area contributed by atoms with Crippen LogP contribution in [0.2, 0.25) is 0 Å². The molecule has 1 aliphatic heterocycles. The molecule has 1 heterocycles. The number of aryl methyl sites for hydroxylation is 2. The second-order valence-corrected chi connectivity index (χ2v) is 8.50. The quantitative estimate of drug-likeness (QED) is 0.653. The van der Waals surface area contributed by atoms with E-state index < -0.39 is 10.1 Å². The Morgan fingerprint density at radius 3 is 2.46 bits per heavy atom. The lowest BCUT2D eigenvalue weighted by Crippen LogP contribution is -2.05. The molecule has 2 aromatic carbocycles. The third kappa shape index (κ3) is 4.03. The first-order valence-corrected chi connectivity index (χ1v) is 10.4. The average Bonchev–Trinajstić information content (AvgIpc) is 3.09. The van der Waals surface area contributed by atoms with Crippen LogP contribution in [0.25, 0.3) is 5.03 Å². The van der Waals surface area contributed by atoms with E-state index in [4.69, 9.17) is 15.9 Å². The summed E-state index contributed by atoms with van der Waals surface area (Å²) < 4.78 is 29.5. The van der Waals surface area contributed by atoms with Crippen molar-refractivity contribution >= 4 is 43.6 Å². The minimum atomic E-state index is -3.98. The monoisotopic (exact) mass is 405 g/mol. The van der Waals surface area contributed by atoms with Crippen molar-refractivity contribution in [2.24, 2.45) is 5.16 Å². The fourth-order valence-electron chi connectivity index (χ4n) is 2.33. The van der Waals surface area contributed by atoms with Crippen LogP contribution in [0, 0.1) is 13.8 Å². The zero-order chi connectivity index (χ0) is 18.7. The molecule has 1 aliphatic rings. The smallest absolute Gasteiger partial charge is 0.264 e. The molecule has 0 atom stereocenters. The summed E-state index contributed by atoms with van der Waals surface area (Å²) in [5.41, 5.74) is 3.47. The molecule has 0 amide bonds. The van der Waals surface area contributed by atoms with Crippen molar-refractivity contribution in [2.75, 3.05) is 0 Å². The van der Waals surface area contributed by atoms with Crippen LogP contribution in [-0.4, -0.2) is 13.5 Å². The van der Waals surface area contributed by atoms with Crippen molar-refractivity contribution in [3.05, 3.63) is 82.3 Å². The first-order chi connectivity index (χ1) is 12.4. The molecule has 0 unspecified atom stereocenters. The van der Waals surface area contributed by atoms with Crippen LogP contribution in [0.1, 0.15) is 16.7 Å². The van der Waals surface area contributed by atoms with Gasteiger partial charge in [0, 0.05) is 5.57 Å². The van der Waals surface area contributed by atoms with E-state index in [1.807, 2.05) is 38.1 Å². The first kappa shape index (κ1) is 18.8. The topological polar surface area (TPSA) is 55.7 Å². The average molecular weight is 406 g/mol. The third-order valence-electron chi connectivity index (χ3n) is 3.79. The van der Waals surface area contributed by atoms with Gasteiger partial charge in [-0.1, -0.05) is 70.5 Å². The Bertz CT molecular complexity index is 1020. The molecule has 0 aliphatic carbocycles. The SMILES string of the molecule is Cc1ccc(S(=O)(=O)O/N=C2\SC=C\C2=C(\Cl)c2ccccc2C)cc1. The highest BCUT2D eigenvalue weighted by molar-refractivity contribution is 8.17. The molecule has 0 aromatic heterocycles. The lowest BCUT2D eigenvalue weighted by Gasteiger charge is -2.08. The van der Waals surface area contributed by atoms with Gasteiger partial charge in [-0.05, 0) is 48.6 Å². The summed E-state index contributed by atoms with van der Waals surface area (Å²) in [4.78, 5) is 0.0546. The summed E-state index contributed by atoms with van der Waals surface area (Å²) in [6.07, 6.45) is 1.79. The Hall–Kier alpha value is -2.02. The molecule has 0 spiro atoms. The zero-order valence-electron chi connectivity index (χ0n) is 14.1. The first-order valence-electron chi connectivity index (χ1n) is 7.76. The van der Waals surface area contributed by atoms with Crippen LogP contribution in [-0.2, 0) is 14.4 Å². The van der Waals surface area contributed by atoms with Crippen molar-refractivity contribution in [1.82, 2.24) is 0 Å². The van der Waals surface area contributed by atoms with Gasteiger partial charge in [-0.15, -0.1) is 0 Å². The zero-order valence-corrected chi connectivity index (χ0v) is 16.5. The van der Waals surface area contributed by atoms with Gasteiger partial charge >= 0.3 is 10.1 Å². The van der Waals surface area contributed by atoms with Crippen LogP contribution in [0.5, 0.6) is 0 Å². The number of thioether (sulfide) groups is 1. The predicted molar refractivity (Wildman–Crippen MR) is 108 cm³/mol. The predicted octanol–water partition coefficient (Wildman–Crippen LogP) is 5.23. The summed E-state index contributed by atoms with van der Waals surface area (Å²) in [5.74, 6) is 0. The molecule has 4 nitrogen and oxygen atoms in total. The van der Waals surface area contributed by atoms with Crippen molar-refractivity contribution in [3.8, 4) is 0 Å². The molecule has 0 saturated heterocycles. The number of hydrogen-bond donors (Lipinski definition) is 0. The molecule has 7 heteroatoms. The lowest BCUT2D eigenvalue weighted by molar-refractivity contribution is 0.340. The fraction of sp³-hybridized carbons (Fsp3) is 0.105. The molecule has 134 valence electrons. The summed E-state index contributed by atoms with van der Waals surface area (Å²) >= 11 is 7.78. The van der Waals surface area contributed by atoms with Gasteiger partial charge < -0.3 is 0 Å². The summed E-state index contributed by atoms with van der Waals surface area (Å²) in [5, 5.41) is 6.52. The molecule has 0 fully saturated rings. The standard InChI is InChI=1S/C19H16ClNO3S2/c1-13-7-9-15(10-8-13)26(22,23)24-21-19-17(11-12-25-19)18(20)16-6-4-3-5-14(16)2/h3-12H,1-2H3/b18-17-,21-19-. The number of benzene rings is 2. The molecule has 0 bridgehead atoms. The van der Waals surface area contributed by atoms with E-state index >= 15 is 0 Å². The normalized spacial score (nSPS) is 17.6. The van der Waals surface area contributed by atoms with Crippen molar-refractivity contribution < 1.29 is 12.7 Å². The van der Waals surface area contributed by atoms with Gasteiger partial charge in [-0.3, -0.25) is 4.28 Å². The highest BCUT2D eigenvalue weighted by atomic mass is 35.5. The Morgan fingerprint density at radius 2 is 1.77 bits per heavy atom.